The Bertz CT molecular complexity index is 475. The van der Waals surface area contributed by atoms with Gasteiger partial charge in [0, 0.05) is 0 Å². The van der Waals surface area contributed by atoms with Crippen LogP contribution < -0.4 is 0 Å². The fourth-order valence-electron chi connectivity index (χ4n) is 2.29. The highest BCUT2D eigenvalue weighted by atomic mass is 16.4. The molecule has 0 radical (unpaired) electrons. The summed E-state index contributed by atoms with van der Waals surface area (Å²) in [5.41, 5.74) is 1.86. The summed E-state index contributed by atoms with van der Waals surface area (Å²) in [7, 11) is 0. The molecule has 0 aliphatic heterocycles. The number of phenolic OH excluding ortho intramolecular Hbond substituents is 1. The number of hydrogen-bond donors (Lipinski definition) is 2. The van der Waals surface area contributed by atoms with E-state index >= 15 is 0 Å². The number of carboxylic acids is 1. The van der Waals surface area contributed by atoms with Gasteiger partial charge in [0.1, 0.15) is 5.75 Å². The van der Waals surface area contributed by atoms with E-state index in [9.17, 15) is 9.90 Å². The maximum atomic E-state index is 10.9. The predicted octanol–water partition coefficient (Wildman–Crippen LogP) is 4.29. The van der Waals surface area contributed by atoms with E-state index in [1.165, 1.54) is 5.56 Å². The van der Waals surface area contributed by atoms with Crippen molar-refractivity contribution in [3.05, 3.63) is 29.3 Å². The van der Waals surface area contributed by atoms with Crippen molar-refractivity contribution in [2.45, 2.75) is 58.8 Å². The number of aliphatic carboxylic acids is 1. The van der Waals surface area contributed by atoms with Gasteiger partial charge in [0.05, 0.1) is 5.92 Å². The van der Waals surface area contributed by atoms with E-state index in [2.05, 4.69) is 27.7 Å². The van der Waals surface area contributed by atoms with Crippen molar-refractivity contribution in [3.63, 3.8) is 0 Å². The number of rotatable bonds is 6. The molecule has 1 unspecified atom stereocenters. The van der Waals surface area contributed by atoms with E-state index < -0.39 is 5.97 Å². The van der Waals surface area contributed by atoms with Crippen molar-refractivity contribution < 1.29 is 15.0 Å². The highest BCUT2D eigenvalue weighted by Crippen LogP contribution is 2.37. The van der Waals surface area contributed by atoms with Crippen LogP contribution in [0.25, 0.3) is 0 Å². The second-order valence-electron chi connectivity index (χ2n) is 6.59. The topological polar surface area (TPSA) is 57.5 Å². The monoisotopic (exact) mass is 278 g/mol. The van der Waals surface area contributed by atoms with Gasteiger partial charge in [0.25, 0.3) is 0 Å². The zero-order chi connectivity index (χ0) is 15.5. The van der Waals surface area contributed by atoms with Gasteiger partial charge < -0.3 is 10.2 Å². The van der Waals surface area contributed by atoms with E-state index in [1.54, 1.807) is 13.0 Å². The van der Waals surface area contributed by atoms with E-state index in [0.29, 0.717) is 18.1 Å². The van der Waals surface area contributed by atoms with Crippen LogP contribution in [0.3, 0.4) is 0 Å². The van der Waals surface area contributed by atoms with Crippen LogP contribution >= 0.6 is 0 Å². The molecule has 0 amide bonds. The molecule has 0 saturated heterocycles. The Morgan fingerprint density at radius 2 is 1.85 bits per heavy atom. The normalized spacial score (nSPS) is 13.5. The molecule has 0 saturated carbocycles. The molecule has 3 heteroatoms. The lowest BCUT2D eigenvalue weighted by atomic mass is 9.77. The SMILES string of the molecule is CC(CCC(C)(C)c1cc(C(C)C)ccc1O)C(=O)O. The summed E-state index contributed by atoms with van der Waals surface area (Å²) < 4.78 is 0. The first-order chi connectivity index (χ1) is 9.15. The summed E-state index contributed by atoms with van der Waals surface area (Å²) in [5, 5.41) is 19.1. The number of aromatic hydroxyl groups is 1. The largest absolute Gasteiger partial charge is 0.508 e. The summed E-state index contributed by atoms with van der Waals surface area (Å²) in [5.74, 6) is -0.420. The first kappa shape index (κ1) is 16.5. The van der Waals surface area contributed by atoms with Crippen LogP contribution in [-0.4, -0.2) is 16.2 Å². The van der Waals surface area contributed by atoms with Crippen molar-refractivity contribution in [2.24, 2.45) is 5.92 Å². The van der Waals surface area contributed by atoms with Gasteiger partial charge >= 0.3 is 5.97 Å². The fraction of sp³-hybridized carbons (Fsp3) is 0.588. The Morgan fingerprint density at radius 1 is 1.25 bits per heavy atom. The second-order valence-corrected chi connectivity index (χ2v) is 6.59. The molecule has 0 spiro atoms. The van der Waals surface area contributed by atoms with Crippen LogP contribution in [0.2, 0.25) is 0 Å². The molecule has 1 aromatic carbocycles. The number of carboxylic acid groups (broad SMARTS) is 1. The Kier molecular flexibility index (Phi) is 5.21. The molecule has 0 fully saturated rings. The lowest BCUT2D eigenvalue weighted by Crippen LogP contribution is -2.21. The molecule has 1 atom stereocenters. The van der Waals surface area contributed by atoms with Crippen LogP contribution in [0, 0.1) is 5.92 Å². The molecule has 0 bridgehead atoms. The second kappa shape index (κ2) is 6.29. The summed E-state index contributed by atoms with van der Waals surface area (Å²) in [6.07, 6.45) is 1.34. The standard InChI is InChI=1S/C17H26O3/c1-11(2)13-6-7-15(18)14(10-13)17(4,5)9-8-12(3)16(19)20/h6-7,10-12,18H,8-9H2,1-5H3,(H,19,20). The molecule has 0 aliphatic carbocycles. The Labute approximate surface area is 121 Å². The van der Waals surface area contributed by atoms with Crippen molar-refractivity contribution in [1.29, 1.82) is 0 Å². The van der Waals surface area contributed by atoms with Crippen molar-refractivity contribution in [2.75, 3.05) is 0 Å². The van der Waals surface area contributed by atoms with Crippen LogP contribution in [0.5, 0.6) is 5.75 Å². The number of hydrogen-bond acceptors (Lipinski definition) is 2. The number of benzene rings is 1. The molecular weight excluding hydrogens is 252 g/mol. The minimum atomic E-state index is -0.763. The lowest BCUT2D eigenvalue weighted by Gasteiger charge is -2.28. The van der Waals surface area contributed by atoms with E-state index in [1.807, 2.05) is 12.1 Å². The third kappa shape index (κ3) is 3.99. The highest BCUT2D eigenvalue weighted by Gasteiger charge is 2.26. The smallest absolute Gasteiger partial charge is 0.306 e. The van der Waals surface area contributed by atoms with Crippen LogP contribution in [0.15, 0.2) is 18.2 Å². The van der Waals surface area contributed by atoms with E-state index in [-0.39, 0.29) is 11.3 Å². The molecular formula is C17H26O3. The van der Waals surface area contributed by atoms with Gasteiger partial charge in [0.15, 0.2) is 0 Å². The summed E-state index contributed by atoms with van der Waals surface area (Å²) in [4.78, 5) is 10.9. The molecule has 1 aromatic rings. The minimum Gasteiger partial charge on any atom is -0.508 e. The zero-order valence-electron chi connectivity index (χ0n) is 13.1. The van der Waals surface area contributed by atoms with Gasteiger partial charge in [-0.15, -0.1) is 0 Å². The fourth-order valence-corrected chi connectivity index (χ4v) is 2.29. The molecule has 0 aromatic heterocycles. The average molecular weight is 278 g/mol. The van der Waals surface area contributed by atoms with Gasteiger partial charge in [-0.25, -0.2) is 0 Å². The third-order valence-corrected chi connectivity index (χ3v) is 4.04. The Hall–Kier alpha value is -1.51. The average Bonchev–Trinajstić information content (AvgIpc) is 2.35. The van der Waals surface area contributed by atoms with Crippen molar-refractivity contribution in [3.8, 4) is 5.75 Å². The minimum absolute atomic E-state index is 0.237. The highest BCUT2D eigenvalue weighted by molar-refractivity contribution is 5.69. The molecule has 0 heterocycles. The third-order valence-electron chi connectivity index (χ3n) is 4.04. The van der Waals surface area contributed by atoms with Crippen LogP contribution in [0.1, 0.15) is 64.5 Å². The van der Waals surface area contributed by atoms with Gasteiger partial charge in [-0.1, -0.05) is 46.8 Å². The molecule has 20 heavy (non-hydrogen) atoms. The van der Waals surface area contributed by atoms with Gasteiger partial charge in [-0.2, -0.15) is 0 Å². The molecule has 112 valence electrons. The summed E-state index contributed by atoms with van der Waals surface area (Å²) in [6.45, 7) is 10.1. The zero-order valence-corrected chi connectivity index (χ0v) is 13.1. The summed E-state index contributed by atoms with van der Waals surface area (Å²) >= 11 is 0. The van der Waals surface area contributed by atoms with Gasteiger partial charge in [0.2, 0.25) is 0 Å². The molecule has 2 N–H and O–H groups in total. The van der Waals surface area contributed by atoms with Crippen molar-refractivity contribution >= 4 is 5.97 Å². The Balaban J connectivity index is 2.96. The van der Waals surface area contributed by atoms with E-state index in [4.69, 9.17) is 5.11 Å². The molecule has 3 nitrogen and oxygen atoms in total. The van der Waals surface area contributed by atoms with Gasteiger partial charge in [-0.3, -0.25) is 4.79 Å². The first-order valence-corrected chi connectivity index (χ1v) is 7.21. The van der Waals surface area contributed by atoms with Crippen LogP contribution in [-0.2, 0) is 10.2 Å². The molecule has 0 aliphatic rings. The van der Waals surface area contributed by atoms with Gasteiger partial charge in [-0.05, 0) is 41.4 Å². The maximum absolute atomic E-state index is 10.9. The van der Waals surface area contributed by atoms with Crippen LogP contribution in [0.4, 0.5) is 0 Å². The maximum Gasteiger partial charge on any atom is 0.306 e. The number of phenols is 1. The van der Waals surface area contributed by atoms with E-state index in [0.717, 1.165) is 12.0 Å². The quantitative estimate of drug-likeness (QED) is 0.816. The lowest BCUT2D eigenvalue weighted by molar-refractivity contribution is -0.141. The Morgan fingerprint density at radius 3 is 2.35 bits per heavy atom. The predicted molar refractivity (Wildman–Crippen MR) is 81.3 cm³/mol. The first-order valence-electron chi connectivity index (χ1n) is 7.21. The summed E-state index contributed by atoms with van der Waals surface area (Å²) in [6, 6.07) is 5.73. The van der Waals surface area contributed by atoms with Crippen molar-refractivity contribution in [1.82, 2.24) is 0 Å². The number of carbonyl (C=O) groups is 1. The molecule has 1 rings (SSSR count).